The number of rotatable bonds is 6. The van der Waals surface area contributed by atoms with Crippen molar-refractivity contribution in [1.29, 1.82) is 0 Å². The number of aryl methyl sites for hydroxylation is 2. The van der Waals surface area contributed by atoms with Crippen molar-refractivity contribution in [3.63, 3.8) is 0 Å². The lowest BCUT2D eigenvalue weighted by molar-refractivity contribution is -0.121. The van der Waals surface area contributed by atoms with Gasteiger partial charge in [0.15, 0.2) is 0 Å². The third-order valence-electron chi connectivity index (χ3n) is 6.53. The fraction of sp³-hybridized carbons (Fsp3) is 0.346. The first-order chi connectivity index (χ1) is 16.1. The summed E-state index contributed by atoms with van der Waals surface area (Å²) >= 11 is 0. The van der Waals surface area contributed by atoms with Gasteiger partial charge in [0.05, 0.1) is 23.5 Å². The standard InChI is InChI=1S/C26H30N6O/c1-3-31-24-9-5-4-8-23(24)29-25(31)18-30-15-6-7-20(17-30)26(33)28-21-10-12-22(13-11-21)32-16-14-27-19(32)2/h4-5,8-14,16,20H,3,6-7,15,17-18H2,1-2H3,(H,28,33)/t20-/m0/s1. The molecule has 1 amide bonds. The highest BCUT2D eigenvalue weighted by molar-refractivity contribution is 5.92. The van der Waals surface area contributed by atoms with Gasteiger partial charge >= 0.3 is 0 Å². The summed E-state index contributed by atoms with van der Waals surface area (Å²) in [6.45, 7) is 7.54. The fourth-order valence-electron chi connectivity index (χ4n) is 4.81. The Morgan fingerprint density at radius 1 is 1.15 bits per heavy atom. The summed E-state index contributed by atoms with van der Waals surface area (Å²) < 4.78 is 4.30. The van der Waals surface area contributed by atoms with Crippen molar-refractivity contribution in [2.24, 2.45) is 5.92 Å². The lowest BCUT2D eigenvalue weighted by Crippen LogP contribution is -2.40. The van der Waals surface area contributed by atoms with E-state index < -0.39 is 0 Å². The van der Waals surface area contributed by atoms with Gasteiger partial charge in [0.2, 0.25) is 5.91 Å². The third kappa shape index (κ3) is 4.41. The van der Waals surface area contributed by atoms with Crippen molar-refractivity contribution < 1.29 is 4.79 Å². The van der Waals surface area contributed by atoms with Crippen LogP contribution < -0.4 is 5.32 Å². The number of para-hydroxylation sites is 2. The maximum atomic E-state index is 13.0. The normalized spacial score (nSPS) is 16.8. The lowest BCUT2D eigenvalue weighted by Gasteiger charge is -2.31. The maximum absolute atomic E-state index is 13.0. The van der Waals surface area contributed by atoms with Gasteiger partial charge in [-0.2, -0.15) is 0 Å². The molecule has 33 heavy (non-hydrogen) atoms. The minimum atomic E-state index is -0.0197. The zero-order valence-electron chi connectivity index (χ0n) is 19.2. The van der Waals surface area contributed by atoms with E-state index in [1.54, 1.807) is 6.20 Å². The van der Waals surface area contributed by atoms with Gasteiger partial charge in [-0.05, 0) is 69.6 Å². The number of likely N-dealkylation sites (tertiary alicyclic amines) is 1. The molecular weight excluding hydrogens is 412 g/mol. The topological polar surface area (TPSA) is 68.0 Å². The van der Waals surface area contributed by atoms with Crippen molar-refractivity contribution in [1.82, 2.24) is 24.0 Å². The highest BCUT2D eigenvalue weighted by atomic mass is 16.1. The molecule has 1 N–H and O–H groups in total. The molecule has 170 valence electrons. The second-order valence-corrected chi connectivity index (χ2v) is 8.72. The molecule has 7 heteroatoms. The molecule has 1 fully saturated rings. The van der Waals surface area contributed by atoms with E-state index in [1.165, 1.54) is 5.52 Å². The number of anilines is 1. The highest BCUT2D eigenvalue weighted by Gasteiger charge is 2.27. The predicted molar refractivity (Wildman–Crippen MR) is 130 cm³/mol. The summed E-state index contributed by atoms with van der Waals surface area (Å²) in [5.41, 5.74) is 4.07. The molecule has 5 rings (SSSR count). The number of nitrogens with one attached hydrogen (secondary N) is 1. The molecule has 2 aromatic carbocycles. The number of fused-ring (bicyclic) bond motifs is 1. The Kier molecular flexibility index (Phi) is 5.96. The van der Waals surface area contributed by atoms with Crippen LogP contribution in [0, 0.1) is 12.8 Å². The van der Waals surface area contributed by atoms with Crippen molar-refractivity contribution in [2.45, 2.75) is 39.8 Å². The van der Waals surface area contributed by atoms with Crippen LogP contribution in [0.25, 0.3) is 16.7 Å². The van der Waals surface area contributed by atoms with Crippen molar-refractivity contribution >= 4 is 22.6 Å². The van der Waals surface area contributed by atoms with Crippen molar-refractivity contribution in [3.8, 4) is 5.69 Å². The minimum absolute atomic E-state index is 0.0197. The van der Waals surface area contributed by atoms with E-state index in [9.17, 15) is 4.79 Å². The van der Waals surface area contributed by atoms with Crippen LogP contribution in [-0.4, -0.2) is 43.0 Å². The lowest BCUT2D eigenvalue weighted by atomic mass is 9.97. The average molecular weight is 443 g/mol. The van der Waals surface area contributed by atoms with Gasteiger partial charge in [-0.3, -0.25) is 9.69 Å². The average Bonchev–Trinajstić information content (AvgIpc) is 3.42. The Bertz CT molecular complexity index is 1260. The molecule has 1 aliphatic heterocycles. The largest absolute Gasteiger partial charge is 0.327 e. The maximum Gasteiger partial charge on any atom is 0.228 e. The van der Waals surface area contributed by atoms with Crippen LogP contribution in [0.1, 0.15) is 31.4 Å². The van der Waals surface area contributed by atoms with Gasteiger partial charge in [-0.1, -0.05) is 12.1 Å². The molecule has 0 unspecified atom stereocenters. The number of carbonyl (C=O) groups is 1. The number of benzene rings is 2. The first-order valence-electron chi connectivity index (χ1n) is 11.7. The zero-order chi connectivity index (χ0) is 22.8. The van der Waals surface area contributed by atoms with Crippen LogP contribution in [-0.2, 0) is 17.9 Å². The molecule has 1 atom stereocenters. The SMILES string of the molecule is CCn1c(CN2CCC[C@H](C(=O)Nc3ccc(-n4ccnc4C)cc3)C2)nc2ccccc21. The van der Waals surface area contributed by atoms with Crippen LogP contribution in [0.5, 0.6) is 0 Å². The number of hydrogen-bond acceptors (Lipinski definition) is 4. The number of nitrogens with zero attached hydrogens (tertiary/aromatic N) is 5. The van der Waals surface area contributed by atoms with E-state index in [4.69, 9.17) is 4.98 Å². The van der Waals surface area contributed by atoms with Crippen LogP contribution in [0.2, 0.25) is 0 Å². The van der Waals surface area contributed by atoms with Crippen LogP contribution >= 0.6 is 0 Å². The summed E-state index contributed by atoms with van der Waals surface area (Å²) in [5, 5.41) is 3.12. The summed E-state index contributed by atoms with van der Waals surface area (Å²) in [6, 6.07) is 16.2. The number of imidazole rings is 2. The molecule has 3 heterocycles. The van der Waals surface area contributed by atoms with E-state index in [0.29, 0.717) is 0 Å². The number of hydrogen-bond donors (Lipinski definition) is 1. The van der Waals surface area contributed by atoms with E-state index in [-0.39, 0.29) is 11.8 Å². The minimum Gasteiger partial charge on any atom is -0.327 e. The van der Waals surface area contributed by atoms with Crippen LogP contribution in [0.3, 0.4) is 0 Å². The Morgan fingerprint density at radius 3 is 2.73 bits per heavy atom. The number of amides is 1. The molecule has 0 bridgehead atoms. The van der Waals surface area contributed by atoms with Gasteiger partial charge in [-0.25, -0.2) is 9.97 Å². The number of carbonyl (C=O) groups excluding carboxylic acids is 1. The Balaban J connectivity index is 1.23. The number of piperidine rings is 1. The molecule has 0 radical (unpaired) electrons. The van der Waals surface area contributed by atoms with Gasteiger partial charge in [0.25, 0.3) is 0 Å². The van der Waals surface area contributed by atoms with Gasteiger partial charge in [0.1, 0.15) is 11.6 Å². The van der Waals surface area contributed by atoms with E-state index >= 15 is 0 Å². The molecule has 7 nitrogen and oxygen atoms in total. The Labute approximate surface area is 194 Å². The smallest absolute Gasteiger partial charge is 0.228 e. The molecule has 0 saturated carbocycles. The summed E-state index contributed by atoms with van der Waals surface area (Å²) in [6.07, 6.45) is 5.66. The first-order valence-corrected chi connectivity index (χ1v) is 11.7. The van der Waals surface area contributed by atoms with Gasteiger partial charge in [0, 0.05) is 36.9 Å². The summed E-state index contributed by atoms with van der Waals surface area (Å²) in [7, 11) is 0. The van der Waals surface area contributed by atoms with E-state index in [1.807, 2.05) is 48.0 Å². The van der Waals surface area contributed by atoms with Crippen LogP contribution in [0.15, 0.2) is 60.9 Å². The van der Waals surface area contributed by atoms with Crippen molar-refractivity contribution in [2.75, 3.05) is 18.4 Å². The molecule has 2 aromatic heterocycles. The van der Waals surface area contributed by atoms with E-state index in [2.05, 4.69) is 44.9 Å². The molecule has 1 saturated heterocycles. The second-order valence-electron chi connectivity index (χ2n) is 8.72. The Morgan fingerprint density at radius 2 is 1.97 bits per heavy atom. The third-order valence-corrected chi connectivity index (χ3v) is 6.53. The summed E-state index contributed by atoms with van der Waals surface area (Å²) in [5.74, 6) is 2.08. The first kappa shape index (κ1) is 21.4. The molecule has 0 aliphatic carbocycles. The fourth-order valence-corrected chi connectivity index (χ4v) is 4.81. The van der Waals surface area contributed by atoms with E-state index in [0.717, 1.165) is 67.6 Å². The molecule has 1 aliphatic rings. The quantitative estimate of drug-likeness (QED) is 0.481. The van der Waals surface area contributed by atoms with Crippen LogP contribution in [0.4, 0.5) is 5.69 Å². The molecule has 4 aromatic rings. The molecule has 0 spiro atoms. The monoisotopic (exact) mass is 442 g/mol. The molecular formula is C26H30N6O. The van der Waals surface area contributed by atoms with Crippen molar-refractivity contribution in [3.05, 3.63) is 72.6 Å². The van der Waals surface area contributed by atoms with Gasteiger partial charge < -0.3 is 14.5 Å². The highest BCUT2D eigenvalue weighted by Crippen LogP contribution is 2.23. The summed E-state index contributed by atoms with van der Waals surface area (Å²) in [4.78, 5) is 24.5. The predicted octanol–water partition coefficient (Wildman–Crippen LogP) is 4.40. The van der Waals surface area contributed by atoms with Gasteiger partial charge in [-0.15, -0.1) is 0 Å². The zero-order valence-corrected chi connectivity index (χ0v) is 19.2. The number of aromatic nitrogens is 4. The Hall–Kier alpha value is -3.45. The second kappa shape index (κ2) is 9.19.